The minimum Gasteiger partial charge on any atom is -0.431 e. The topological polar surface area (TPSA) is 239 Å². The summed E-state index contributed by atoms with van der Waals surface area (Å²) in [5.41, 5.74) is 3.66. The summed E-state index contributed by atoms with van der Waals surface area (Å²) in [6.45, 7) is 0. The predicted octanol–water partition coefficient (Wildman–Crippen LogP) is 14.0. The number of hydrogen-bond acceptors (Lipinski definition) is 22. The molecule has 9 aromatic rings. The fourth-order valence-corrected chi connectivity index (χ4v) is 11.5. The van der Waals surface area contributed by atoms with E-state index in [-0.39, 0.29) is 22.6 Å². The Balaban J connectivity index is 0.000000145. The Labute approximate surface area is 535 Å². The van der Waals surface area contributed by atoms with Gasteiger partial charge >= 0.3 is 0 Å². The number of aromatic nitrogens is 6. The van der Waals surface area contributed by atoms with Crippen LogP contribution in [0.15, 0.2) is 176 Å². The van der Waals surface area contributed by atoms with Gasteiger partial charge in [0.05, 0.1) is 70.3 Å². The first-order chi connectivity index (χ1) is 41.7. The second-order valence-electron chi connectivity index (χ2n) is 18.4. The van der Waals surface area contributed by atoms with E-state index in [2.05, 4.69) is 61.2 Å². The highest BCUT2D eigenvalue weighted by atomic mass is 35.5. The van der Waals surface area contributed by atoms with Crippen LogP contribution in [0.1, 0.15) is 16.7 Å². The maximum atomic E-state index is 11.8. The third-order valence-corrected chi connectivity index (χ3v) is 16.9. The maximum absolute atomic E-state index is 11.8. The van der Waals surface area contributed by atoms with Gasteiger partial charge in [-0.05, 0) is 97.3 Å². The van der Waals surface area contributed by atoms with E-state index in [1.165, 1.54) is 23.3 Å². The van der Waals surface area contributed by atoms with Gasteiger partial charge < -0.3 is 30.2 Å². The minimum absolute atomic E-state index is 0.191. The summed E-state index contributed by atoms with van der Waals surface area (Å²) in [5.74, 6) is 4.52. The monoisotopic (exact) mass is 1340 g/mol. The highest BCUT2D eigenvalue weighted by Gasteiger charge is 2.29. The Morgan fingerprint density at radius 2 is 0.816 bits per heavy atom. The normalized spacial score (nSPS) is 13.4. The average Bonchev–Trinajstić information content (AvgIpc) is 1.46. The van der Waals surface area contributed by atoms with Crippen LogP contribution in [0.5, 0.6) is 17.2 Å². The average molecular weight is 1350 g/mol. The first-order valence-electron chi connectivity index (χ1n) is 25.3. The highest BCUT2D eigenvalue weighted by Crippen LogP contribution is 2.38. The van der Waals surface area contributed by atoms with Gasteiger partial charge in [0, 0.05) is 71.3 Å². The number of benzene rings is 6. The molecule has 0 spiro atoms. The molecule has 1 unspecified atom stereocenters. The van der Waals surface area contributed by atoms with Gasteiger partial charge in [0.1, 0.15) is 0 Å². The molecule has 0 aliphatic carbocycles. The molecule has 0 saturated carbocycles. The summed E-state index contributed by atoms with van der Waals surface area (Å²) in [6, 6.07) is 37.2. The number of sulfone groups is 1. The number of fused-ring (bicyclic) bond motifs is 3. The highest BCUT2D eigenvalue weighted by molar-refractivity contribution is 7.98. The smallest absolute Gasteiger partial charge is 0.247 e. The van der Waals surface area contributed by atoms with Gasteiger partial charge in [-0.1, -0.05) is 106 Å². The lowest BCUT2D eigenvalue weighted by Crippen LogP contribution is -2.26. The van der Waals surface area contributed by atoms with Gasteiger partial charge in [-0.3, -0.25) is 4.21 Å². The molecule has 6 heterocycles. The van der Waals surface area contributed by atoms with Gasteiger partial charge in [0.2, 0.25) is 35.5 Å². The molecule has 3 N–H and O–H groups in total. The molecule has 30 heteroatoms. The van der Waals surface area contributed by atoms with Crippen molar-refractivity contribution in [2.45, 2.75) is 14.7 Å². The van der Waals surface area contributed by atoms with E-state index in [1.807, 2.05) is 42.7 Å². The lowest BCUT2D eigenvalue weighted by atomic mass is 10.2. The fraction of sp³-hybridized carbons (Fsp3) is 0.105. The summed E-state index contributed by atoms with van der Waals surface area (Å²) in [6.07, 6.45) is 9.43. The molecule has 1 atom stereocenters. The molecule has 0 radical (unpaired) electrons. The van der Waals surface area contributed by atoms with E-state index in [9.17, 15) is 12.6 Å². The summed E-state index contributed by atoms with van der Waals surface area (Å²) in [4.78, 5) is 28.3. The lowest BCUT2D eigenvalue weighted by Gasteiger charge is -2.24. The molecular formula is C57H45Cl6N15O6S3. The molecule has 21 nitrogen and oxygen atoms in total. The van der Waals surface area contributed by atoms with Crippen LogP contribution < -0.4 is 45.2 Å². The van der Waals surface area contributed by atoms with E-state index in [0.717, 1.165) is 22.5 Å². The van der Waals surface area contributed by atoms with Gasteiger partial charge in [-0.2, -0.15) is 15.0 Å². The Morgan fingerprint density at radius 3 is 1.17 bits per heavy atom. The second-order valence-corrected chi connectivity index (χ2v) is 25.1. The van der Waals surface area contributed by atoms with Crippen molar-refractivity contribution in [3.63, 3.8) is 0 Å². The van der Waals surface area contributed by atoms with Crippen molar-refractivity contribution in [2.75, 3.05) is 70.9 Å². The van der Waals surface area contributed by atoms with Gasteiger partial charge in [-0.15, -0.1) is 27.1 Å². The third kappa shape index (κ3) is 14.7. The van der Waals surface area contributed by atoms with Crippen LogP contribution in [0.2, 0.25) is 30.1 Å². The molecule has 0 fully saturated rings. The number of ether oxygens (including phenoxy) is 3. The summed E-state index contributed by atoms with van der Waals surface area (Å²) < 4.78 is 52.7. The molecule has 3 aliphatic heterocycles. The van der Waals surface area contributed by atoms with Gasteiger partial charge in [0.15, 0.2) is 44.5 Å². The number of halogens is 6. The Bertz CT molecular complexity index is 4320. The molecule has 0 saturated heterocycles. The first kappa shape index (κ1) is 62.0. The summed E-state index contributed by atoms with van der Waals surface area (Å²) >= 11 is 39.2. The van der Waals surface area contributed by atoms with Crippen LogP contribution in [0, 0.1) is 0 Å². The lowest BCUT2D eigenvalue weighted by molar-refractivity contribution is 0.525. The van der Waals surface area contributed by atoms with Gasteiger partial charge in [0.25, 0.3) is 0 Å². The minimum atomic E-state index is -3.33. The molecule has 3 aromatic heterocycles. The van der Waals surface area contributed by atoms with Crippen LogP contribution >= 0.6 is 81.4 Å². The Morgan fingerprint density at radius 1 is 0.483 bits per heavy atom. The largest absolute Gasteiger partial charge is 0.431 e. The summed E-state index contributed by atoms with van der Waals surface area (Å²) in [5, 5.41) is 29.8. The third-order valence-electron chi connectivity index (χ3n) is 12.3. The van der Waals surface area contributed by atoms with Crippen LogP contribution in [0.25, 0.3) is 0 Å². The first-order valence-corrected chi connectivity index (χ1v) is 32.3. The number of anilines is 9. The SMILES string of the molecule is CN1N=C(c2c(Cl)cccc2Cl)Oc2cnc(Nc3cccc(S(C)(=O)=O)c3)nc21.CN1N=C(c2c(Cl)cccc2Cl)Oc2cnc(Nc3cccc(S(C)=O)c3)nc21.CSc1cccc(Nc2ncc3c(n2)N(C)N=C(c2c(Cl)cccc2Cl)O3)c1. The van der Waals surface area contributed by atoms with Crippen LogP contribution in [0.3, 0.4) is 0 Å². The van der Waals surface area contributed by atoms with E-state index in [1.54, 1.807) is 140 Å². The van der Waals surface area contributed by atoms with E-state index in [4.69, 9.17) is 83.8 Å². The van der Waals surface area contributed by atoms with Gasteiger partial charge in [-0.25, -0.2) is 38.4 Å². The maximum Gasteiger partial charge on any atom is 0.247 e. The molecule has 0 bridgehead atoms. The molecule has 12 rings (SSSR count). The molecule has 444 valence electrons. The molecular weight excluding hydrogens is 1300 g/mol. The molecule has 3 aliphatic rings. The zero-order chi connectivity index (χ0) is 61.7. The summed E-state index contributed by atoms with van der Waals surface area (Å²) in [7, 11) is 0.808. The Kier molecular flexibility index (Phi) is 19.2. The molecule has 87 heavy (non-hydrogen) atoms. The number of hydrogen-bond donors (Lipinski definition) is 3. The zero-order valence-corrected chi connectivity index (χ0v) is 53.2. The van der Waals surface area contributed by atoms with E-state index >= 15 is 0 Å². The van der Waals surface area contributed by atoms with Crippen molar-refractivity contribution in [3.8, 4) is 17.2 Å². The number of thioether (sulfide) groups is 1. The van der Waals surface area contributed by atoms with Crippen molar-refractivity contribution < 1.29 is 26.8 Å². The number of hydrazone groups is 3. The quantitative estimate of drug-likeness (QED) is 0.0963. The zero-order valence-electron chi connectivity index (χ0n) is 46.2. The number of nitrogens with zero attached hydrogens (tertiary/aromatic N) is 12. The predicted molar refractivity (Wildman–Crippen MR) is 349 cm³/mol. The van der Waals surface area contributed by atoms with Crippen LogP contribution in [0.4, 0.5) is 52.4 Å². The standard InChI is InChI=1S/C19H15Cl2N5O3S.C19H15Cl2N5O2S.C19H15Cl2N5OS/c1-26-17-15(29-18(25-26)16-13(20)7-4-8-14(16)21)10-22-19(24-17)23-11-5-3-6-12(9-11)30(2,27)28;1-26-17-15(28-18(25-26)16-13(20)7-4-8-14(16)21)10-22-19(24-17)23-11-5-3-6-12(9-11)29(2)27;1-26-17-15(27-18(25-26)16-13(20)7-4-8-14(16)21)10-22-19(24-17)23-11-5-3-6-12(9-11)28-2/h3-10H,1-2H3,(H,22,23,24);3-10H,1-2H3,(H,22,23,24);3-10H,1-2H3,(H,22,23,24). The molecule has 0 amide bonds. The Hall–Kier alpha value is -8.04. The number of nitrogens with one attached hydrogen (secondary N) is 3. The van der Waals surface area contributed by atoms with Crippen molar-refractivity contribution >= 4 is 172 Å². The van der Waals surface area contributed by atoms with Crippen molar-refractivity contribution in [1.82, 2.24) is 29.9 Å². The number of rotatable bonds is 12. The van der Waals surface area contributed by atoms with Crippen molar-refractivity contribution in [1.29, 1.82) is 0 Å². The van der Waals surface area contributed by atoms with Crippen molar-refractivity contribution in [2.24, 2.45) is 15.3 Å². The fourth-order valence-electron chi connectivity index (χ4n) is 8.16. The van der Waals surface area contributed by atoms with Crippen LogP contribution in [-0.4, -0.2) is 100 Å². The van der Waals surface area contributed by atoms with Crippen LogP contribution in [-0.2, 0) is 20.6 Å². The second kappa shape index (κ2) is 26.9. The van der Waals surface area contributed by atoms with Crippen molar-refractivity contribution in [3.05, 3.63) is 193 Å². The van der Waals surface area contributed by atoms with E-state index in [0.29, 0.717) is 110 Å². The van der Waals surface area contributed by atoms with E-state index < -0.39 is 20.6 Å². The molecule has 6 aromatic carbocycles.